The van der Waals surface area contributed by atoms with Crippen LogP contribution in [0, 0.1) is 0 Å². The molecule has 0 aliphatic carbocycles. The molecule has 0 fully saturated rings. The molecule has 0 radical (unpaired) electrons. The van der Waals surface area contributed by atoms with Gasteiger partial charge in [0.15, 0.2) is 5.13 Å². The van der Waals surface area contributed by atoms with Gasteiger partial charge >= 0.3 is 0 Å². The lowest BCUT2D eigenvalue weighted by atomic mass is 10.1. The zero-order valence-electron chi connectivity index (χ0n) is 14.4. The van der Waals surface area contributed by atoms with Gasteiger partial charge in [0.25, 0.3) is 17.4 Å². The highest BCUT2D eigenvalue weighted by atomic mass is 32.1. The van der Waals surface area contributed by atoms with Crippen LogP contribution in [0.4, 0.5) is 10.8 Å². The topological polar surface area (TPSA) is 147 Å². The quantitative estimate of drug-likeness (QED) is 0.496. The number of anilines is 2. The number of hydrogen-bond donors (Lipinski definition) is 4. The first-order valence-corrected chi connectivity index (χ1v) is 8.94. The number of aromatic amines is 1. The molecule has 0 aliphatic rings. The Balaban J connectivity index is 1.64. The zero-order valence-corrected chi connectivity index (χ0v) is 15.2. The Bertz CT molecular complexity index is 1100. The number of carbonyl (C=O) groups is 3. The number of benzene rings is 1. The largest absolute Gasteiger partial charge is 0.366 e. The second kappa shape index (κ2) is 8.27. The minimum Gasteiger partial charge on any atom is -0.366 e. The number of carbonyl (C=O) groups excluding carboxylic acids is 3. The maximum Gasteiger partial charge on any atom is 0.263 e. The van der Waals surface area contributed by atoms with Gasteiger partial charge in [-0.05, 0) is 24.3 Å². The van der Waals surface area contributed by atoms with E-state index in [1.165, 1.54) is 24.4 Å². The van der Waals surface area contributed by atoms with Crippen molar-refractivity contribution < 1.29 is 14.4 Å². The van der Waals surface area contributed by atoms with Crippen LogP contribution in [-0.4, -0.2) is 27.7 Å². The van der Waals surface area contributed by atoms with Gasteiger partial charge in [-0.25, -0.2) is 4.98 Å². The first kappa shape index (κ1) is 19.0. The number of amides is 3. The molecule has 0 aliphatic heterocycles. The monoisotopic (exact) mass is 397 g/mol. The Hall–Kier alpha value is -3.79. The summed E-state index contributed by atoms with van der Waals surface area (Å²) in [7, 11) is 0. The summed E-state index contributed by atoms with van der Waals surface area (Å²) < 4.78 is 0. The van der Waals surface area contributed by atoms with Gasteiger partial charge in [0.05, 0.1) is 23.4 Å². The number of para-hydroxylation sites is 1. The third-order valence-electron chi connectivity index (χ3n) is 3.64. The third-order valence-corrected chi connectivity index (χ3v) is 4.45. The summed E-state index contributed by atoms with van der Waals surface area (Å²) in [5, 5.41) is 7.01. The van der Waals surface area contributed by atoms with Gasteiger partial charge < -0.3 is 16.0 Å². The number of nitrogens with two attached hydrogens (primary N) is 1. The number of thiazole rings is 1. The number of hydrogen-bond acceptors (Lipinski definition) is 6. The Morgan fingerprint density at radius 2 is 1.82 bits per heavy atom. The molecule has 0 bridgehead atoms. The number of nitrogens with one attached hydrogen (secondary N) is 3. The van der Waals surface area contributed by atoms with Crippen molar-refractivity contribution in [3.05, 3.63) is 75.1 Å². The normalized spacial score (nSPS) is 10.3. The van der Waals surface area contributed by atoms with Crippen LogP contribution in [0.5, 0.6) is 0 Å². The van der Waals surface area contributed by atoms with Gasteiger partial charge in [-0.3, -0.25) is 24.5 Å². The fraction of sp³-hybridized carbons (Fsp3) is 0.0556. The van der Waals surface area contributed by atoms with Crippen molar-refractivity contribution in [2.45, 2.75) is 6.42 Å². The number of H-pyrrole nitrogens is 1. The van der Waals surface area contributed by atoms with Gasteiger partial charge in [0.2, 0.25) is 5.91 Å². The highest BCUT2D eigenvalue weighted by Crippen LogP contribution is 2.18. The summed E-state index contributed by atoms with van der Waals surface area (Å²) >= 11 is 1.13. The molecule has 0 spiro atoms. The second-order valence-corrected chi connectivity index (χ2v) is 6.50. The van der Waals surface area contributed by atoms with E-state index in [0.717, 1.165) is 11.3 Å². The van der Waals surface area contributed by atoms with E-state index in [0.29, 0.717) is 11.4 Å². The highest BCUT2D eigenvalue weighted by Gasteiger charge is 2.15. The van der Waals surface area contributed by atoms with E-state index in [1.54, 1.807) is 23.6 Å². The zero-order chi connectivity index (χ0) is 20.1. The molecule has 2 heterocycles. The van der Waals surface area contributed by atoms with E-state index in [2.05, 4.69) is 20.6 Å². The number of aromatic nitrogens is 2. The fourth-order valence-corrected chi connectivity index (χ4v) is 3.08. The van der Waals surface area contributed by atoms with Crippen molar-refractivity contribution >= 4 is 39.9 Å². The van der Waals surface area contributed by atoms with Crippen LogP contribution in [0.15, 0.2) is 52.8 Å². The summed E-state index contributed by atoms with van der Waals surface area (Å²) in [6, 6.07) is 9.33. The van der Waals surface area contributed by atoms with Crippen molar-refractivity contribution in [2.24, 2.45) is 5.73 Å². The fourth-order valence-electron chi connectivity index (χ4n) is 2.38. The van der Waals surface area contributed by atoms with Gasteiger partial charge in [0, 0.05) is 11.6 Å². The maximum absolute atomic E-state index is 12.2. The number of primary amides is 1. The van der Waals surface area contributed by atoms with Crippen molar-refractivity contribution in [3.8, 4) is 0 Å². The molecular formula is C18H15N5O4S. The Morgan fingerprint density at radius 1 is 1.07 bits per heavy atom. The molecule has 0 unspecified atom stereocenters. The number of nitrogens with zero attached hydrogens (tertiary/aromatic N) is 1. The summed E-state index contributed by atoms with van der Waals surface area (Å²) in [6.07, 6.45) is 1.36. The van der Waals surface area contributed by atoms with E-state index < -0.39 is 23.3 Å². The highest BCUT2D eigenvalue weighted by molar-refractivity contribution is 7.14. The molecule has 3 rings (SSSR count). The first-order chi connectivity index (χ1) is 13.4. The smallest absolute Gasteiger partial charge is 0.263 e. The molecule has 142 valence electrons. The average Bonchev–Trinajstić information content (AvgIpc) is 3.08. The second-order valence-electron chi connectivity index (χ2n) is 5.65. The van der Waals surface area contributed by atoms with E-state index in [4.69, 9.17) is 5.73 Å². The molecule has 2 aromatic heterocycles. The summed E-state index contributed by atoms with van der Waals surface area (Å²) in [5.74, 6) is -1.63. The molecule has 3 aromatic rings. The predicted octanol–water partition coefficient (Wildman–Crippen LogP) is 1.36. The van der Waals surface area contributed by atoms with Gasteiger partial charge in [-0.1, -0.05) is 12.1 Å². The molecular weight excluding hydrogens is 382 g/mol. The lowest BCUT2D eigenvalue weighted by Gasteiger charge is -2.07. The van der Waals surface area contributed by atoms with Crippen LogP contribution >= 0.6 is 11.3 Å². The summed E-state index contributed by atoms with van der Waals surface area (Å²) in [4.78, 5) is 54.0. The van der Waals surface area contributed by atoms with E-state index in [9.17, 15) is 19.2 Å². The Labute approximate surface area is 162 Å². The number of pyridine rings is 1. The summed E-state index contributed by atoms with van der Waals surface area (Å²) in [6.45, 7) is 0. The number of rotatable bonds is 6. The minimum absolute atomic E-state index is 0.0416. The van der Waals surface area contributed by atoms with Crippen LogP contribution in [0.3, 0.4) is 0 Å². The van der Waals surface area contributed by atoms with Crippen LogP contribution in [-0.2, 0) is 11.2 Å². The van der Waals surface area contributed by atoms with Crippen LogP contribution in [0.2, 0.25) is 0 Å². The van der Waals surface area contributed by atoms with Crippen molar-refractivity contribution in [3.63, 3.8) is 0 Å². The van der Waals surface area contributed by atoms with Crippen LogP contribution in [0.1, 0.15) is 26.4 Å². The molecule has 0 atom stereocenters. The summed E-state index contributed by atoms with van der Waals surface area (Å²) in [5.41, 5.74) is 5.68. The van der Waals surface area contributed by atoms with E-state index >= 15 is 0 Å². The van der Waals surface area contributed by atoms with Gasteiger partial charge in [-0.2, -0.15) is 0 Å². The molecule has 9 nitrogen and oxygen atoms in total. The molecule has 28 heavy (non-hydrogen) atoms. The van der Waals surface area contributed by atoms with Gasteiger partial charge in [-0.15, -0.1) is 11.3 Å². The Kier molecular flexibility index (Phi) is 5.61. The predicted molar refractivity (Wildman–Crippen MR) is 104 cm³/mol. The SMILES string of the molecule is NC(=O)c1ccccc1NC(=O)Cc1csc(NC(=O)c2ccc[nH]c2=O)n1. The third kappa shape index (κ3) is 4.48. The first-order valence-electron chi connectivity index (χ1n) is 8.06. The Morgan fingerprint density at radius 3 is 2.57 bits per heavy atom. The van der Waals surface area contributed by atoms with Gasteiger partial charge in [0.1, 0.15) is 5.56 Å². The molecule has 5 N–H and O–H groups in total. The lowest BCUT2D eigenvalue weighted by Crippen LogP contribution is -2.22. The molecule has 3 amide bonds. The molecule has 10 heteroatoms. The van der Waals surface area contributed by atoms with E-state index in [-0.39, 0.29) is 22.7 Å². The lowest BCUT2D eigenvalue weighted by molar-refractivity contribution is -0.115. The van der Waals surface area contributed by atoms with Crippen molar-refractivity contribution in [2.75, 3.05) is 10.6 Å². The van der Waals surface area contributed by atoms with Crippen molar-refractivity contribution in [1.82, 2.24) is 9.97 Å². The van der Waals surface area contributed by atoms with E-state index in [1.807, 2.05) is 0 Å². The van der Waals surface area contributed by atoms with Crippen LogP contribution < -0.4 is 21.9 Å². The molecule has 0 saturated carbocycles. The molecule has 1 aromatic carbocycles. The standard InChI is InChI=1S/C18H15N5O4S/c19-15(25)11-4-1-2-6-13(11)22-14(24)8-10-9-28-18(21-10)23-17(27)12-5-3-7-20-16(12)26/h1-7,9H,8H2,(H2,19,25)(H,20,26)(H,22,24)(H,21,23,27). The maximum atomic E-state index is 12.2. The van der Waals surface area contributed by atoms with Crippen molar-refractivity contribution in [1.29, 1.82) is 0 Å². The minimum atomic E-state index is -0.648. The molecule has 0 saturated heterocycles. The van der Waals surface area contributed by atoms with Crippen LogP contribution in [0.25, 0.3) is 0 Å². The average molecular weight is 397 g/mol.